The van der Waals surface area contributed by atoms with Crippen molar-refractivity contribution in [3.8, 4) is 23.3 Å². The first-order chi connectivity index (χ1) is 14.9. The predicted molar refractivity (Wildman–Crippen MR) is 119 cm³/mol. The van der Waals surface area contributed by atoms with Crippen LogP contribution in [0.25, 0.3) is 0 Å². The van der Waals surface area contributed by atoms with Gasteiger partial charge in [-0.15, -0.1) is 0 Å². The molecule has 5 heteroatoms. The van der Waals surface area contributed by atoms with Gasteiger partial charge in [-0.3, -0.25) is 0 Å². The van der Waals surface area contributed by atoms with Crippen LogP contribution in [0.4, 0.5) is 5.69 Å². The average Bonchev–Trinajstić information content (AvgIpc) is 2.77. The van der Waals surface area contributed by atoms with Crippen molar-refractivity contribution in [3.63, 3.8) is 0 Å². The second-order valence-electron chi connectivity index (χ2n) is 7.63. The van der Waals surface area contributed by atoms with Gasteiger partial charge in [0.15, 0.2) is 0 Å². The number of cyclic esters (lactones) is 1. The van der Waals surface area contributed by atoms with E-state index in [-0.39, 0.29) is 5.97 Å². The Morgan fingerprint density at radius 3 is 2.19 bits per heavy atom. The van der Waals surface area contributed by atoms with Gasteiger partial charge in [-0.1, -0.05) is 24.0 Å². The van der Waals surface area contributed by atoms with E-state index in [1.807, 2.05) is 54.6 Å². The number of hydrogen-bond donors (Lipinski definition) is 1. The molecule has 1 N–H and O–H groups in total. The summed E-state index contributed by atoms with van der Waals surface area (Å²) in [6, 6.07) is 21.1. The van der Waals surface area contributed by atoms with Gasteiger partial charge < -0.3 is 19.5 Å². The maximum atomic E-state index is 12.2. The highest BCUT2D eigenvalue weighted by Gasteiger charge is 2.33. The van der Waals surface area contributed by atoms with E-state index in [9.17, 15) is 4.79 Å². The molecular weight excluding hydrogens is 390 g/mol. The van der Waals surface area contributed by atoms with Gasteiger partial charge in [0.2, 0.25) is 5.79 Å². The van der Waals surface area contributed by atoms with Crippen LogP contribution in [0, 0.1) is 11.8 Å². The predicted octanol–water partition coefficient (Wildman–Crippen LogP) is 4.99. The molecule has 3 aromatic carbocycles. The van der Waals surface area contributed by atoms with Gasteiger partial charge in [0.05, 0.1) is 7.11 Å². The summed E-state index contributed by atoms with van der Waals surface area (Å²) >= 11 is 0. The van der Waals surface area contributed by atoms with Crippen LogP contribution in [-0.2, 0) is 11.3 Å². The summed E-state index contributed by atoms with van der Waals surface area (Å²) in [5.41, 5.74) is 4.23. The van der Waals surface area contributed by atoms with E-state index in [0.29, 0.717) is 17.9 Å². The van der Waals surface area contributed by atoms with Crippen molar-refractivity contribution in [2.45, 2.75) is 26.2 Å². The number of benzene rings is 3. The lowest BCUT2D eigenvalue weighted by Gasteiger charge is -2.31. The zero-order valence-corrected chi connectivity index (χ0v) is 17.7. The van der Waals surface area contributed by atoms with E-state index in [0.717, 1.165) is 28.1 Å². The highest BCUT2D eigenvalue weighted by Crippen LogP contribution is 2.33. The quantitative estimate of drug-likeness (QED) is 0.482. The normalized spacial score (nSPS) is 13.7. The van der Waals surface area contributed by atoms with Crippen molar-refractivity contribution < 1.29 is 19.0 Å². The first-order valence-corrected chi connectivity index (χ1v) is 9.97. The molecule has 3 aromatic rings. The molecule has 0 aliphatic carbocycles. The minimum absolute atomic E-state index is 0.380. The molecule has 31 heavy (non-hydrogen) atoms. The lowest BCUT2D eigenvalue weighted by atomic mass is 10.1. The van der Waals surface area contributed by atoms with Crippen molar-refractivity contribution in [3.05, 3.63) is 89.0 Å². The highest BCUT2D eigenvalue weighted by molar-refractivity contribution is 5.94. The van der Waals surface area contributed by atoms with E-state index in [4.69, 9.17) is 14.2 Å². The number of hydrogen-bond acceptors (Lipinski definition) is 5. The molecule has 0 amide bonds. The Balaban J connectivity index is 1.38. The first kappa shape index (κ1) is 20.4. The van der Waals surface area contributed by atoms with Gasteiger partial charge in [0.25, 0.3) is 0 Å². The van der Waals surface area contributed by atoms with Gasteiger partial charge in [0.1, 0.15) is 17.1 Å². The standard InChI is InChI=1S/C26H23NO4/c1-26(2)30-24-15-12-21(16-23(24)25(28)31-26)27-17-20-8-6-18(7-9-20)4-5-19-10-13-22(29-3)14-11-19/h6-16,27H,17H2,1-3H3. The summed E-state index contributed by atoms with van der Waals surface area (Å²) < 4.78 is 16.1. The first-order valence-electron chi connectivity index (χ1n) is 9.97. The summed E-state index contributed by atoms with van der Waals surface area (Å²) in [5.74, 6) is 6.34. The lowest BCUT2D eigenvalue weighted by Crippen LogP contribution is -2.38. The monoisotopic (exact) mass is 413 g/mol. The number of anilines is 1. The lowest BCUT2D eigenvalue weighted by molar-refractivity contribution is -0.127. The Hall–Kier alpha value is -3.91. The fourth-order valence-corrected chi connectivity index (χ4v) is 3.18. The molecule has 4 rings (SSSR count). The molecule has 0 spiro atoms. The van der Waals surface area contributed by atoms with Crippen molar-refractivity contribution in [2.75, 3.05) is 12.4 Å². The Bertz CT molecular complexity index is 1150. The third-order valence-electron chi connectivity index (χ3n) is 4.79. The fraction of sp³-hybridized carbons (Fsp3) is 0.192. The smallest absolute Gasteiger partial charge is 0.345 e. The zero-order chi connectivity index (χ0) is 21.8. The summed E-state index contributed by atoms with van der Waals surface area (Å²) in [6.45, 7) is 4.04. The topological polar surface area (TPSA) is 56.8 Å². The molecule has 5 nitrogen and oxygen atoms in total. The number of nitrogens with one attached hydrogen (secondary N) is 1. The molecular formula is C26H23NO4. The fourth-order valence-electron chi connectivity index (χ4n) is 3.18. The van der Waals surface area contributed by atoms with Crippen LogP contribution in [0.1, 0.15) is 40.9 Å². The number of esters is 1. The molecule has 1 heterocycles. The molecule has 156 valence electrons. The number of ether oxygens (including phenoxy) is 3. The van der Waals surface area contributed by atoms with Crippen LogP contribution in [0.5, 0.6) is 11.5 Å². The van der Waals surface area contributed by atoms with Crippen LogP contribution in [0.2, 0.25) is 0 Å². The van der Waals surface area contributed by atoms with Gasteiger partial charge in [-0.25, -0.2) is 4.79 Å². The second-order valence-corrected chi connectivity index (χ2v) is 7.63. The maximum Gasteiger partial charge on any atom is 0.345 e. The second kappa shape index (κ2) is 8.45. The number of carbonyl (C=O) groups is 1. The van der Waals surface area contributed by atoms with Gasteiger partial charge >= 0.3 is 5.97 Å². The average molecular weight is 413 g/mol. The van der Waals surface area contributed by atoms with Crippen molar-refractivity contribution in [2.24, 2.45) is 0 Å². The molecule has 1 aliphatic heterocycles. The molecule has 0 bridgehead atoms. The van der Waals surface area contributed by atoms with E-state index in [1.165, 1.54) is 0 Å². The van der Waals surface area contributed by atoms with Crippen molar-refractivity contribution >= 4 is 11.7 Å². The molecule has 0 saturated heterocycles. The molecule has 0 saturated carbocycles. The summed E-state index contributed by atoms with van der Waals surface area (Å²) in [5, 5.41) is 3.33. The number of rotatable bonds is 4. The zero-order valence-electron chi connectivity index (χ0n) is 17.7. The van der Waals surface area contributed by atoms with Crippen LogP contribution >= 0.6 is 0 Å². The molecule has 0 unspecified atom stereocenters. The van der Waals surface area contributed by atoms with Crippen LogP contribution in [0.15, 0.2) is 66.7 Å². The minimum atomic E-state index is -0.947. The summed E-state index contributed by atoms with van der Waals surface area (Å²) in [4.78, 5) is 12.2. The molecule has 0 fully saturated rings. The number of carbonyl (C=O) groups excluding carboxylic acids is 1. The van der Waals surface area contributed by atoms with Crippen LogP contribution < -0.4 is 14.8 Å². The van der Waals surface area contributed by atoms with Crippen LogP contribution in [0.3, 0.4) is 0 Å². The summed E-state index contributed by atoms with van der Waals surface area (Å²) in [6.07, 6.45) is 0. The Labute approximate surface area is 182 Å². The Kier molecular flexibility index (Phi) is 5.55. The van der Waals surface area contributed by atoms with E-state index < -0.39 is 5.79 Å². The number of methoxy groups -OCH3 is 1. The minimum Gasteiger partial charge on any atom is -0.497 e. The van der Waals surface area contributed by atoms with E-state index in [1.54, 1.807) is 33.1 Å². The molecule has 0 atom stereocenters. The third kappa shape index (κ3) is 4.99. The van der Waals surface area contributed by atoms with Gasteiger partial charge in [-0.2, -0.15) is 0 Å². The molecule has 1 aliphatic rings. The van der Waals surface area contributed by atoms with E-state index in [2.05, 4.69) is 17.2 Å². The van der Waals surface area contributed by atoms with Crippen LogP contribution in [-0.4, -0.2) is 18.9 Å². The Morgan fingerprint density at radius 2 is 1.55 bits per heavy atom. The Morgan fingerprint density at radius 1 is 0.903 bits per heavy atom. The summed E-state index contributed by atoms with van der Waals surface area (Å²) in [7, 11) is 1.64. The molecule has 0 radical (unpaired) electrons. The SMILES string of the molecule is COc1ccc(C#Cc2ccc(CNc3ccc4c(c3)C(=O)OC(C)(C)O4)cc2)cc1. The van der Waals surface area contributed by atoms with Crippen molar-refractivity contribution in [1.29, 1.82) is 0 Å². The maximum absolute atomic E-state index is 12.2. The number of fused-ring (bicyclic) bond motifs is 1. The largest absolute Gasteiger partial charge is 0.497 e. The third-order valence-corrected chi connectivity index (χ3v) is 4.79. The van der Waals surface area contributed by atoms with Gasteiger partial charge in [-0.05, 0) is 60.2 Å². The van der Waals surface area contributed by atoms with Crippen molar-refractivity contribution in [1.82, 2.24) is 0 Å². The molecule has 0 aromatic heterocycles. The van der Waals surface area contributed by atoms with E-state index >= 15 is 0 Å². The van der Waals surface area contributed by atoms with Gasteiger partial charge in [0, 0.05) is 37.2 Å². The highest BCUT2D eigenvalue weighted by atomic mass is 16.7.